The fourth-order valence-corrected chi connectivity index (χ4v) is 4.79. The fourth-order valence-electron chi connectivity index (χ4n) is 4.79. The molecule has 0 radical (unpaired) electrons. The Bertz CT molecular complexity index is 1300. The number of hydrogen-bond donors (Lipinski definition) is 1. The molecule has 220 valence electrons. The van der Waals surface area contributed by atoms with Gasteiger partial charge in [-0.2, -0.15) is 0 Å². The molecule has 0 fully saturated rings. The molecule has 0 bridgehead atoms. The van der Waals surface area contributed by atoms with Gasteiger partial charge in [-0.15, -0.1) is 0 Å². The van der Waals surface area contributed by atoms with E-state index in [4.69, 9.17) is 9.72 Å². The zero-order valence-electron chi connectivity index (χ0n) is 24.6. The minimum atomic E-state index is -0.865. The molecule has 3 rings (SSSR count). The molecule has 1 amide bonds. The van der Waals surface area contributed by atoms with Crippen LogP contribution in [0.25, 0.3) is 11.3 Å². The minimum Gasteiger partial charge on any atom is -0.493 e. The molecule has 0 saturated heterocycles. The van der Waals surface area contributed by atoms with Gasteiger partial charge >= 0.3 is 5.97 Å². The van der Waals surface area contributed by atoms with Gasteiger partial charge in [-0.25, -0.2) is 4.98 Å². The highest BCUT2D eigenvalue weighted by Gasteiger charge is 2.20. The Balaban J connectivity index is 1.80. The number of hydrogen-bond acceptors (Lipinski definition) is 5. The highest BCUT2D eigenvalue weighted by atomic mass is 16.5. The number of anilines is 1. The molecule has 8 nitrogen and oxygen atoms in total. The largest absolute Gasteiger partial charge is 0.493 e. The molecule has 1 heterocycles. The first-order chi connectivity index (χ1) is 19.9. The number of carboxylic acids is 1. The van der Waals surface area contributed by atoms with Gasteiger partial charge < -0.3 is 14.7 Å². The minimum absolute atomic E-state index is 0.0945. The molecule has 1 unspecified atom stereocenters. The number of carbonyl (C=O) groups excluding carboxylic acids is 1. The van der Waals surface area contributed by atoms with Crippen LogP contribution in [0.1, 0.15) is 71.5 Å². The predicted molar refractivity (Wildman–Crippen MR) is 162 cm³/mol. The first-order valence-corrected chi connectivity index (χ1v) is 14.8. The van der Waals surface area contributed by atoms with Gasteiger partial charge in [-0.3, -0.25) is 19.0 Å². The molecular formula is C33H43N3O5. The van der Waals surface area contributed by atoms with Crippen LogP contribution in [0, 0.1) is 5.92 Å². The number of aliphatic carboxylic acids is 1. The maximum absolute atomic E-state index is 13.7. The second-order valence-corrected chi connectivity index (χ2v) is 10.3. The van der Waals surface area contributed by atoms with Crippen LogP contribution in [0.5, 0.6) is 5.75 Å². The maximum atomic E-state index is 13.7. The van der Waals surface area contributed by atoms with Crippen molar-refractivity contribution < 1.29 is 19.4 Å². The second-order valence-electron chi connectivity index (χ2n) is 10.3. The SMILES string of the molecule is CCCCCCCN(C(=O)Cn1c(CC)nc(-c2ccccc2)cc1=O)c1ccc(OCC(CCC)C(=O)O)cc1. The van der Waals surface area contributed by atoms with Crippen molar-refractivity contribution in [3.8, 4) is 17.0 Å². The van der Waals surface area contributed by atoms with Crippen molar-refractivity contribution in [2.24, 2.45) is 5.92 Å². The molecule has 0 aliphatic carbocycles. The third kappa shape index (κ3) is 9.30. The molecule has 3 aromatic rings. The summed E-state index contributed by atoms with van der Waals surface area (Å²) in [6, 6.07) is 18.2. The van der Waals surface area contributed by atoms with E-state index in [0.717, 1.165) is 44.1 Å². The van der Waals surface area contributed by atoms with Gasteiger partial charge in [0, 0.05) is 30.3 Å². The third-order valence-corrected chi connectivity index (χ3v) is 7.14. The summed E-state index contributed by atoms with van der Waals surface area (Å²) in [6.45, 7) is 6.57. The summed E-state index contributed by atoms with van der Waals surface area (Å²) in [7, 11) is 0. The van der Waals surface area contributed by atoms with Gasteiger partial charge in [-0.05, 0) is 37.1 Å². The molecule has 0 spiro atoms. The van der Waals surface area contributed by atoms with Crippen molar-refractivity contribution in [3.05, 3.63) is 76.8 Å². The number of amides is 1. The number of nitrogens with zero attached hydrogens (tertiary/aromatic N) is 3. The van der Waals surface area contributed by atoms with Crippen LogP contribution in [0.4, 0.5) is 5.69 Å². The zero-order chi connectivity index (χ0) is 29.6. The van der Waals surface area contributed by atoms with Crippen molar-refractivity contribution in [1.29, 1.82) is 0 Å². The monoisotopic (exact) mass is 561 g/mol. The number of unbranched alkanes of at least 4 members (excludes halogenated alkanes) is 4. The number of aromatic nitrogens is 2. The van der Waals surface area contributed by atoms with Gasteiger partial charge in [-0.1, -0.05) is 83.2 Å². The molecule has 0 saturated carbocycles. The Morgan fingerprint density at radius 3 is 2.29 bits per heavy atom. The van der Waals surface area contributed by atoms with E-state index in [-0.39, 0.29) is 24.6 Å². The highest BCUT2D eigenvalue weighted by molar-refractivity contribution is 5.93. The van der Waals surface area contributed by atoms with E-state index in [1.807, 2.05) is 56.3 Å². The average Bonchev–Trinajstić information content (AvgIpc) is 2.98. The maximum Gasteiger partial charge on any atom is 0.309 e. The molecule has 0 aliphatic heterocycles. The average molecular weight is 562 g/mol. The smallest absolute Gasteiger partial charge is 0.309 e. The lowest BCUT2D eigenvalue weighted by Gasteiger charge is -2.24. The van der Waals surface area contributed by atoms with Crippen molar-refractivity contribution in [2.45, 2.75) is 78.7 Å². The standard InChI is InChI=1S/C33H43N3O5/c1-4-7-8-9-13-21-35(27-17-19-28(20-18-27)41-24-26(14-5-2)33(39)40)32(38)23-36-30(6-3)34-29(22-31(36)37)25-15-11-10-12-16-25/h10-12,15-20,22,26H,4-9,13-14,21,23-24H2,1-3H3,(H,39,40). The Morgan fingerprint density at radius 1 is 0.951 bits per heavy atom. The van der Waals surface area contributed by atoms with E-state index in [9.17, 15) is 19.5 Å². The van der Waals surface area contributed by atoms with Gasteiger partial charge in [0.25, 0.3) is 5.56 Å². The Hall–Kier alpha value is -3.94. The molecule has 1 atom stereocenters. The van der Waals surface area contributed by atoms with Crippen molar-refractivity contribution in [3.63, 3.8) is 0 Å². The van der Waals surface area contributed by atoms with Crippen LogP contribution in [0.2, 0.25) is 0 Å². The summed E-state index contributed by atoms with van der Waals surface area (Å²) < 4.78 is 7.22. The first-order valence-electron chi connectivity index (χ1n) is 14.8. The molecule has 8 heteroatoms. The van der Waals surface area contributed by atoms with Crippen molar-refractivity contribution in [2.75, 3.05) is 18.1 Å². The molecule has 1 N–H and O–H groups in total. The van der Waals surface area contributed by atoms with Crippen LogP contribution in [0.3, 0.4) is 0 Å². The van der Waals surface area contributed by atoms with Crippen LogP contribution >= 0.6 is 0 Å². The van der Waals surface area contributed by atoms with Gasteiger partial charge in [0.1, 0.15) is 24.7 Å². The number of aryl methyl sites for hydroxylation is 1. The topological polar surface area (TPSA) is 102 Å². The predicted octanol–water partition coefficient (Wildman–Crippen LogP) is 6.36. The Morgan fingerprint density at radius 2 is 1.66 bits per heavy atom. The summed E-state index contributed by atoms with van der Waals surface area (Å²) in [5.74, 6) is -0.493. The molecular weight excluding hydrogens is 518 g/mol. The van der Waals surface area contributed by atoms with Crippen molar-refractivity contribution >= 4 is 17.6 Å². The van der Waals surface area contributed by atoms with Crippen LogP contribution in [0.15, 0.2) is 65.5 Å². The van der Waals surface area contributed by atoms with E-state index in [0.29, 0.717) is 42.3 Å². The second kappa shape index (κ2) is 16.4. The van der Waals surface area contributed by atoms with E-state index in [2.05, 4.69) is 6.92 Å². The fraction of sp³-hybridized carbons (Fsp3) is 0.455. The summed E-state index contributed by atoms with van der Waals surface area (Å²) in [6.07, 6.45) is 7.10. The molecule has 1 aromatic heterocycles. The number of carboxylic acid groups (broad SMARTS) is 1. The lowest BCUT2D eigenvalue weighted by Crippen LogP contribution is -2.38. The molecule has 2 aromatic carbocycles. The first kappa shape index (κ1) is 31.6. The van der Waals surface area contributed by atoms with Gasteiger partial charge in [0.15, 0.2) is 0 Å². The number of carbonyl (C=O) groups is 2. The number of rotatable bonds is 17. The zero-order valence-corrected chi connectivity index (χ0v) is 24.6. The molecule has 41 heavy (non-hydrogen) atoms. The van der Waals surface area contributed by atoms with Crippen LogP contribution < -0.4 is 15.2 Å². The summed E-state index contributed by atoms with van der Waals surface area (Å²) in [4.78, 5) is 44.8. The van der Waals surface area contributed by atoms with Crippen LogP contribution in [-0.4, -0.2) is 39.7 Å². The Labute approximate surface area is 243 Å². The number of benzene rings is 2. The van der Waals surface area contributed by atoms with Gasteiger partial charge in [0.2, 0.25) is 5.91 Å². The summed E-state index contributed by atoms with van der Waals surface area (Å²) >= 11 is 0. The van der Waals surface area contributed by atoms with Crippen LogP contribution in [-0.2, 0) is 22.6 Å². The summed E-state index contributed by atoms with van der Waals surface area (Å²) in [5, 5.41) is 9.40. The van der Waals surface area contributed by atoms with E-state index in [1.165, 1.54) is 10.6 Å². The third-order valence-electron chi connectivity index (χ3n) is 7.14. The molecule has 0 aliphatic rings. The van der Waals surface area contributed by atoms with Gasteiger partial charge in [0.05, 0.1) is 11.6 Å². The number of ether oxygens (including phenoxy) is 1. The summed E-state index contributed by atoms with van der Waals surface area (Å²) in [5.41, 5.74) is 1.92. The normalized spacial score (nSPS) is 11.7. The highest BCUT2D eigenvalue weighted by Crippen LogP contribution is 2.22. The van der Waals surface area contributed by atoms with E-state index < -0.39 is 11.9 Å². The van der Waals surface area contributed by atoms with E-state index in [1.54, 1.807) is 17.0 Å². The lowest BCUT2D eigenvalue weighted by molar-refractivity contribution is -0.143. The van der Waals surface area contributed by atoms with Crippen molar-refractivity contribution in [1.82, 2.24) is 9.55 Å². The lowest BCUT2D eigenvalue weighted by atomic mass is 10.1. The van der Waals surface area contributed by atoms with E-state index >= 15 is 0 Å². The Kier molecular flexibility index (Phi) is 12.6. The quantitative estimate of drug-likeness (QED) is 0.193.